The van der Waals surface area contributed by atoms with Crippen molar-refractivity contribution < 1.29 is 27.5 Å². The first-order valence-corrected chi connectivity index (χ1v) is 7.88. The van der Waals surface area contributed by atoms with Crippen LogP contribution in [0.4, 0.5) is 17.6 Å². The van der Waals surface area contributed by atoms with Crippen LogP contribution in [0.2, 0.25) is 0 Å². The Morgan fingerprint density at radius 3 is 2.27 bits per heavy atom. The summed E-state index contributed by atoms with van der Waals surface area (Å²) >= 11 is 0. The Morgan fingerprint density at radius 2 is 1.77 bits per heavy atom. The zero-order valence-corrected chi connectivity index (χ0v) is 14.5. The Labute approximate surface area is 148 Å². The first-order chi connectivity index (χ1) is 11.9. The first kappa shape index (κ1) is 19.9. The van der Waals surface area contributed by atoms with E-state index >= 15 is 0 Å². The number of carboxylic acid groups (broad SMARTS) is 1. The molecular formula is C19H19F4NO2. The van der Waals surface area contributed by atoms with Crippen LogP contribution in [-0.2, 0) is 11.0 Å². The summed E-state index contributed by atoms with van der Waals surface area (Å²) in [6.45, 7) is 5.05. The van der Waals surface area contributed by atoms with Crippen molar-refractivity contribution in [2.45, 2.75) is 39.4 Å². The van der Waals surface area contributed by atoms with E-state index in [0.717, 1.165) is 17.2 Å². The number of benzene rings is 2. The third-order valence-corrected chi connectivity index (χ3v) is 4.31. The van der Waals surface area contributed by atoms with E-state index in [9.17, 15) is 22.4 Å². The average molecular weight is 369 g/mol. The van der Waals surface area contributed by atoms with E-state index in [2.05, 4.69) is 0 Å². The van der Waals surface area contributed by atoms with Gasteiger partial charge in [0.15, 0.2) is 0 Å². The fourth-order valence-corrected chi connectivity index (χ4v) is 3.10. The summed E-state index contributed by atoms with van der Waals surface area (Å²) in [5, 5.41) is 8.89. The highest BCUT2D eigenvalue weighted by atomic mass is 19.4. The molecule has 1 atom stereocenters. The van der Waals surface area contributed by atoms with E-state index in [4.69, 9.17) is 10.8 Å². The molecule has 0 saturated carbocycles. The number of rotatable bonds is 4. The lowest BCUT2D eigenvalue weighted by Gasteiger charge is -2.22. The number of nitrogens with two attached hydrogens (primary N) is 1. The van der Waals surface area contributed by atoms with E-state index < -0.39 is 41.6 Å². The third-order valence-electron chi connectivity index (χ3n) is 4.31. The van der Waals surface area contributed by atoms with Crippen LogP contribution in [0, 0.1) is 26.6 Å². The van der Waals surface area contributed by atoms with Gasteiger partial charge in [-0.3, -0.25) is 4.79 Å². The van der Waals surface area contributed by atoms with Crippen LogP contribution < -0.4 is 5.73 Å². The van der Waals surface area contributed by atoms with Gasteiger partial charge in [0, 0.05) is 11.6 Å². The molecular weight excluding hydrogens is 350 g/mol. The number of halogens is 4. The summed E-state index contributed by atoms with van der Waals surface area (Å²) in [5.74, 6) is -2.83. The van der Waals surface area contributed by atoms with Crippen LogP contribution in [0.25, 0.3) is 11.1 Å². The predicted molar refractivity (Wildman–Crippen MR) is 90.2 cm³/mol. The van der Waals surface area contributed by atoms with E-state index in [-0.39, 0.29) is 11.1 Å². The van der Waals surface area contributed by atoms with Gasteiger partial charge >= 0.3 is 12.1 Å². The molecule has 1 unspecified atom stereocenters. The normalized spacial score (nSPS) is 12.9. The van der Waals surface area contributed by atoms with Gasteiger partial charge in [0.1, 0.15) is 5.82 Å². The molecule has 0 aromatic heterocycles. The molecule has 3 nitrogen and oxygen atoms in total. The Kier molecular flexibility index (Phi) is 5.41. The quantitative estimate of drug-likeness (QED) is 0.753. The lowest BCUT2D eigenvalue weighted by Crippen LogP contribution is -2.21. The van der Waals surface area contributed by atoms with Gasteiger partial charge in [0.2, 0.25) is 0 Å². The monoisotopic (exact) mass is 369 g/mol. The molecule has 0 aliphatic carbocycles. The van der Waals surface area contributed by atoms with Gasteiger partial charge in [0.05, 0.1) is 12.0 Å². The molecule has 0 aliphatic rings. The van der Waals surface area contributed by atoms with Gasteiger partial charge < -0.3 is 10.8 Å². The van der Waals surface area contributed by atoms with Crippen LogP contribution in [0.1, 0.15) is 40.3 Å². The smallest absolute Gasteiger partial charge is 0.419 e. The summed E-state index contributed by atoms with van der Waals surface area (Å²) in [6.07, 6.45) is -5.60. The van der Waals surface area contributed by atoms with Crippen LogP contribution >= 0.6 is 0 Å². The minimum atomic E-state index is -4.93. The van der Waals surface area contributed by atoms with Crippen molar-refractivity contribution in [1.29, 1.82) is 0 Å². The zero-order valence-electron chi connectivity index (χ0n) is 14.5. The van der Waals surface area contributed by atoms with E-state index in [1.165, 1.54) is 6.92 Å². The van der Waals surface area contributed by atoms with Crippen LogP contribution in [-0.4, -0.2) is 11.1 Å². The SMILES string of the molecule is Cc1ccc(-c2cc(C(F)(F)F)c(F)c(C(N)CC(=O)O)c2C)c(C)c1. The molecule has 0 saturated heterocycles. The molecule has 0 spiro atoms. The molecule has 0 radical (unpaired) electrons. The van der Waals surface area contributed by atoms with Crippen molar-refractivity contribution in [1.82, 2.24) is 0 Å². The molecule has 7 heteroatoms. The molecule has 0 aliphatic heterocycles. The molecule has 0 fully saturated rings. The van der Waals surface area contributed by atoms with E-state index in [0.29, 0.717) is 5.56 Å². The second-order valence-electron chi connectivity index (χ2n) is 6.34. The van der Waals surface area contributed by atoms with Crippen molar-refractivity contribution in [2.24, 2.45) is 5.73 Å². The van der Waals surface area contributed by atoms with Gasteiger partial charge in [0.25, 0.3) is 0 Å². The lowest BCUT2D eigenvalue weighted by molar-refractivity contribution is -0.140. The molecule has 2 rings (SSSR count). The number of aliphatic carboxylic acids is 1. The number of aryl methyl sites for hydroxylation is 2. The minimum Gasteiger partial charge on any atom is -0.481 e. The third kappa shape index (κ3) is 3.88. The standard InChI is InChI=1S/C19H19F4NO2/c1-9-4-5-12(10(2)6-9)13-7-14(19(21,22)23)18(20)17(11(13)3)15(24)8-16(25)26/h4-7,15H,8,24H2,1-3H3,(H,25,26). The highest BCUT2D eigenvalue weighted by molar-refractivity contribution is 5.74. The van der Waals surface area contributed by atoms with Gasteiger partial charge in [-0.1, -0.05) is 23.8 Å². The Hall–Kier alpha value is -2.41. The highest BCUT2D eigenvalue weighted by Gasteiger charge is 2.37. The maximum absolute atomic E-state index is 14.6. The molecule has 3 N–H and O–H groups in total. The fraction of sp³-hybridized carbons (Fsp3) is 0.316. The summed E-state index contributed by atoms with van der Waals surface area (Å²) in [4.78, 5) is 10.9. The zero-order chi connectivity index (χ0) is 19.8. The summed E-state index contributed by atoms with van der Waals surface area (Å²) in [5.41, 5.74) is 6.43. The van der Waals surface area contributed by atoms with Crippen molar-refractivity contribution in [2.75, 3.05) is 0 Å². The molecule has 26 heavy (non-hydrogen) atoms. The summed E-state index contributed by atoms with van der Waals surface area (Å²) in [6, 6.07) is 4.59. The maximum Gasteiger partial charge on any atom is 0.419 e. The Balaban J connectivity index is 2.82. The number of carbonyl (C=O) groups is 1. The van der Waals surface area contributed by atoms with E-state index in [1.54, 1.807) is 19.1 Å². The van der Waals surface area contributed by atoms with Crippen molar-refractivity contribution in [3.05, 3.63) is 57.9 Å². The Bertz CT molecular complexity index is 860. The molecule has 0 heterocycles. The first-order valence-electron chi connectivity index (χ1n) is 7.88. The van der Waals surface area contributed by atoms with Crippen LogP contribution in [0.5, 0.6) is 0 Å². The van der Waals surface area contributed by atoms with Crippen molar-refractivity contribution in [3.8, 4) is 11.1 Å². The lowest BCUT2D eigenvalue weighted by atomic mass is 9.87. The highest BCUT2D eigenvalue weighted by Crippen LogP contribution is 2.41. The fourth-order valence-electron chi connectivity index (χ4n) is 3.10. The average Bonchev–Trinajstić information content (AvgIpc) is 2.46. The molecule has 2 aromatic rings. The van der Waals surface area contributed by atoms with Crippen molar-refractivity contribution in [3.63, 3.8) is 0 Å². The van der Waals surface area contributed by atoms with Crippen molar-refractivity contribution >= 4 is 5.97 Å². The van der Waals surface area contributed by atoms with Gasteiger partial charge in [-0.05, 0) is 49.1 Å². The van der Waals surface area contributed by atoms with Gasteiger partial charge in [-0.2, -0.15) is 13.2 Å². The molecule has 0 amide bonds. The summed E-state index contributed by atoms with van der Waals surface area (Å²) in [7, 11) is 0. The van der Waals surface area contributed by atoms with Crippen LogP contribution in [0.15, 0.2) is 24.3 Å². The number of carboxylic acids is 1. The van der Waals surface area contributed by atoms with Gasteiger partial charge in [-0.15, -0.1) is 0 Å². The Morgan fingerprint density at radius 1 is 1.15 bits per heavy atom. The van der Waals surface area contributed by atoms with E-state index in [1.807, 2.05) is 13.0 Å². The number of hydrogen-bond acceptors (Lipinski definition) is 2. The molecule has 140 valence electrons. The molecule has 2 aromatic carbocycles. The topological polar surface area (TPSA) is 63.3 Å². The second kappa shape index (κ2) is 7.07. The second-order valence-corrected chi connectivity index (χ2v) is 6.34. The summed E-state index contributed by atoms with van der Waals surface area (Å²) < 4.78 is 54.6. The van der Waals surface area contributed by atoms with Gasteiger partial charge in [-0.25, -0.2) is 4.39 Å². The number of hydrogen-bond donors (Lipinski definition) is 2. The molecule has 0 bridgehead atoms. The maximum atomic E-state index is 14.6. The predicted octanol–water partition coefficient (Wildman–Crippen LogP) is 4.91. The number of alkyl halides is 3. The minimum absolute atomic E-state index is 0.187. The largest absolute Gasteiger partial charge is 0.481 e. The van der Waals surface area contributed by atoms with Crippen LogP contribution in [0.3, 0.4) is 0 Å².